The molecule has 0 aliphatic carbocycles. The van der Waals surface area contributed by atoms with Crippen LogP contribution in [0, 0.1) is 0 Å². The molecule has 1 amide bonds. The van der Waals surface area contributed by atoms with Gasteiger partial charge in [-0.2, -0.15) is 5.10 Å². The van der Waals surface area contributed by atoms with Crippen molar-refractivity contribution in [3.8, 4) is 0 Å². The minimum Gasteiger partial charge on any atom is -0.322 e. The smallest absolute Gasteiger partial charge is 0.246 e. The molecule has 3 N–H and O–H groups in total. The van der Waals surface area contributed by atoms with Gasteiger partial charge in [0.15, 0.2) is 0 Å². The molecule has 1 aromatic heterocycles. The third-order valence-electron chi connectivity index (χ3n) is 2.62. The predicted molar refractivity (Wildman–Crippen MR) is 80.2 cm³/mol. The normalized spacial score (nSPS) is 12.2. The molecule has 1 unspecified atom stereocenters. The Hall–Kier alpha value is -1.27. The summed E-state index contributed by atoms with van der Waals surface area (Å²) in [7, 11) is 1.74. The number of hydrogen-bond acceptors (Lipinski definition) is 3. The van der Waals surface area contributed by atoms with Crippen LogP contribution in [0.5, 0.6) is 0 Å². The Morgan fingerprint density at radius 3 is 2.45 bits per heavy atom. The lowest BCUT2D eigenvalue weighted by atomic mass is 10.1. The van der Waals surface area contributed by atoms with Crippen molar-refractivity contribution in [1.29, 1.82) is 0 Å². The molecule has 1 heterocycles. The van der Waals surface area contributed by atoms with Crippen LogP contribution in [0.3, 0.4) is 0 Å². The number of aryl methyl sites for hydroxylation is 1. The van der Waals surface area contributed by atoms with Crippen LogP contribution in [0.25, 0.3) is 0 Å². The molecule has 5 nitrogen and oxygen atoms in total. The van der Waals surface area contributed by atoms with E-state index in [-0.39, 0.29) is 15.7 Å². The number of hydrogen-bond donors (Lipinski definition) is 2. The van der Waals surface area contributed by atoms with Crippen molar-refractivity contribution in [2.45, 2.75) is 6.04 Å². The highest BCUT2D eigenvalue weighted by molar-refractivity contribution is 6.42. The van der Waals surface area contributed by atoms with E-state index in [1.807, 2.05) is 0 Å². The predicted octanol–water partition coefficient (Wildman–Crippen LogP) is 3.02. The van der Waals surface area contributed by atoms with Gasteiger partial charge in [-0.3, -0.25) is 9.48 Å². The number of anilines is 1. The highest BCUT2D eigenvalue weighted by Gasteiger charge is 2.19. The first-order valence-electron chi connectivity index (χ1n) is 5.58. The van der Waals surface area contributed by atoms with E-state index in [4.69, 9.17) is 40.5 Å². The van der Waals surface area contributed by atoms with Crippen LogP contribution in [0.4, 0.5) is 5.69 Å². The van der Waals surface area contributed by atoms with Crippen molar-refractivity contribution in [2.75, 3.05) is 5.32 Å². The molecule has 8 heteroatoms. The Labute approximate surface area is 130 Å². The van der Waals surface area contributed by atoms with E-state index in [0.29, 0.717) is 10.6 Å². The molecule has 0 radical (unpaired) electrons. The Morgan fingerprint density at radius 2 is 1.95 bits per heavy atom. The summed E-state index contributed by atoms with van der Waals surface area (Å²) in [6.45, 7) is 0. The van der Waals surface area contributed by atoms with Crippen molar-refractivity contribution >= 4 is 46.4 Å². The largest absolute Gasteiger partial charge is 0.322 e. The van der Waals surface area contributed by atoms with Crippen LogP contribution in [0.2, 0.25) is 15.1 Å². The molecule has 0 saturated heterocycles. The number of benzene rings is 1. The van der Waals surface area contributed by atoms with Crippen LogP contribution in [0.1, 0.15) is 11.6 Å². The first-order chi connectivity index (χ1) is 9.38. The maximum atomic E-state index is 12.1. The van der Waals surface area contributed by atoms with Crippen LogP contribution >= 0.6 is 34.8 Å². The van der Waals surface area contributed by atoms with E-state index in [2.05, 4.69) is 10.4 Å². The lowest BCUT2D eigenvalue weighted by Gasteiger charge is -2.13. The van der Waals surface area contributed by atoms with Crippen LogP contribution in [-0.2, 0) is 11.8 Å². The molecule has 0 aliphatic rings. The van der Waals surface area contributed by atoms with E-state index in [9.17, 15) is 4.79 Å². The monoisotopic (exact) mass is 332 g/mol. The first-order valence-corrected chi connectivity index (χ1v) is 6.71. The fourth-order valence-corrected chi connectivity index (χ4v) is 2.53. The molecule has 0 spiro atoms. The van der Waals surface area contributed by atoms with Crippen LogP contribution in [0.15, 0.2) is 24.5 Å². The average molecular weight is 334 g/mol. The van der Waals surface area contributed by atoms with Gasteiger partial charge in [-0.1, -0.05) is 34.8 Å². The maximum Gasteiger partial charge on any atom is 0.246 e. The zero-order valence-electron chi connectivity index (χ0n) is 10.4. The fourth-order valence-electron chi connectivity index (χ4n) is 1.61. The fraction of sp³-hybridized carbons (Fsp3) is 0.167. The molecule has 1 aromatic carbocycles. The molecule has 106 valence electrons. The summed E-state index contributed by atoms with van der Waals surface area (Å²) in [5.41, 5.74) is 6.72. The van der Waals surface area contributed by atoms with E-state index in [1.54, 1.807) is 17.9 Å². The number of nitrogens with two attached hydrogens (primary N) is 1. The van der Waals surface area contributed by atoms with Crippen molar-refractivity contribution < 1.29 is 4.79 Å². The second-order valence-electron chi connectivity index (χ2n) is 4.16. The number of rotatable bonds is 3. The van der Waals surface area contributed by atoms with Crippen LogP contribution < -0.4 is 11.1 Å². The van der Waals surface area contributed by atoms with Gasteiger partial charge < -0.3 is 11.1 Å². The van der Waals surface area contributed by atoms with Gasteiger partial charge in [-0.25, -0.2) is 0 Å². The highest BCUT2D eigenvalue weighted by Crippen LogP contribution is 2.34. The van der Waals surface area contributed by atoms with Gasteiger partial charge in [0.25, 0.3) is 0 Å². The summed E-state index contributed by atoms with van der Waals surface area (Å²) >= 11 is 17.8. The van der Waals surface area contributed by atoms with Gasteiger partial charge in [-0.05, 0) is 12.1 Å². The SMILES string of the molecule is Cn1cc(C(N)C(=O)Nc2c(Cl)cc(Cl)cc2Cl)cn1. The first kappa shape index (κ1) is 15.1. The second-order valence-corrected chi connectivity index (χ2v) is 5.41. The minimum atomic E-state index is -0.869. The lowest BCUT2D eigenvalue weighted by Crippen LogP contribution is -2.27. The number of carbonyl (C=O) groups is 1. The zero-order chi connectivity index (χ0) is 14.9. The number of carbonyl (C=O) groups excluding carboxylic acids is 1. The van der Waals surface area contributed by atoms with E-state index < -0.39 is 11.9 Å². The molecule has 2 rings (SSSR count). The number of amides is 1. The summed E-state index contributed by atoms with van der Waals surface area (Å²) in [5, 5.41) is 7.42. The van der Waals surface area contributed by atoms with Crippen molar-refractivity contribution in [2.24, 2.45) is 12.8 Å². The molecule has 20 heavy (non-hydrogen) atoms. The van der Waals surface area contributed by atoms with Crippen molar-refractivity contribution in [1.82, 2.24) is 9.78 Å². The number of aromatic nitrogens is 2. The Bertz CT molecular complexity index is 633. The number of nitrogens with one attached hydrogen (secondary N) is 1. The van der Waals surface area contributed by atoms with Gasteiger partial charge in [0, 0.05) is 23.8 Å². The van der Waals surface area contributed by atoms with Crippen molar-refractivity contribution in [3.05, 3.63) is 45.2 Å². The quantitative estimate of drug-likeness (QED) is 0.907. The van der Waals surface area contributed by atoms with Gasteiger partial charge in [-0.15, -0.1) is 0 Å². The van der Waals surface area contributed by atoms with Gasteiger partial charge in [0.05, 0.1) is 21.9 Å². The summed E-state index contributed by atoms with van der Waals surface area (Å²) < 4.78 is 1.56. The van der Waals surface area contributed by atoms with Gasteiger partial charge in [0.2, 0.25) is 5.91 Å². The van der Waals surface area contributed by atoms with E-state index in [0.717, 1.165) is 0 Å². The molecule has 0 fully saturated rings. The summed E-state index contributed by atoms with van der Waals surface area (Å²) in [6.07, 6.45) is 3.19. The standard InChI is InChI=1S/C12H11Cl3N4O/c1-19-5-6(4-17-19)10(16)12(20)18-11-8(14)2-7(13)3-9(11)15/h2-5,10H,16H2,1H3,(H,18,20). The molecular formula is C12H11Cl3N4O. The topological polar surface area (TPSA) is 72.9 Å². The zero-order valence-corrected chi connectivity index (χ0v) is 12.7. The molecular weight excluding hydrogens is 323 g/mol. The van der Waals surface area contributed by atoms with Crippen molar-refractivity contribution in [3.63, 3.8) is 0 Å². The summed E-state index contributed by atoms with van der Waals surface area (Å²) in [4.78, 5) is 12.1. The van der Waals surface area contributed by atoms with Crippen LogP contribution in [-0.4, -0.2) is 15.7 Å². The number of nitrogens with zero attached hydrogens (tertiary/aromatic N) is 2. The number of halogens is 3. The Kier molecular flexibility index (Phi) is 4.55. The Morgan fingerprint density at radius 1 is 1.35 bits per heavy atom. The van der Waals surface area contributed by atoms with Gasteiger partial charge in [0.1, 0.15) is 6.04 Å². The third kappa shape index (κ3) is 3.24. The summed E-state index contributed by atoms with van der Waals surface area (Å²) in [5.74, 6) is -0.441. The highest BCUT2D eigenvalue weighted by atomic mass is 35.5. The average Bonchev–Trinajstić information content (AvgIpc) is 2.79. The van der Waals surface area contributed by atoms with Gasteiger partial charge >= 0.3 is 0 Å². The van der Waals surface area contributed by atoms with E-state index >= 15 is 0 Å². The Balaban J connectivity index is 2.20. The van der Waals surface area contributed by atoms with E-state index in [1.165, 1.54) is 18.3 Å². The molecule has 1 atom stereocenters. The molecule has 2 aromatic rings. The molecule has 0 bridgehead atoms. The summed E-state index contributed by atoms with van der Waals surface area (Å²) in [6, 6.07) is 2.10. The molecule has 0 aliphatic heterocycles. The molecule has 0 saturated carbocycles. The maximum absolute atomic E-state index is 12.1. The minimum absolute atomic E-state index is 0.245. The lowest BCUT2D eigenvalue weighted by molar-refractivity contribution is -0.117. The second kappa shape index (κ2) is 6.01. The third-order valence-corrected chi connectivity index (χ3v) is 3.44.